The minimum absolute atomic E-state index is 0.193. The van der Waals surface area contributed by atoms with Crippen molar-refractivity contribution in [2.24, 2.45) is 0 Å². The van der Waals surface area contributed by atoms with Crippen LogP contribution in [0.25, 0.3) is 5.52 Å². The molecule has 0 atom stereocenters. The number of carbonyl (C=O) groups excluding carboxylic acids is 1. The first-order valence-electron chi connectivity index (χ1n) is 5.09. The van der Waals surface area contributed by atoms with Gasteiger partial charge in [0.2, 0.25) is 0 Å². The maximum absolute atomic E-state index is 12.0. The van der Waals surface area contributed by atoms with Crippen LogP contribution in [0.3, 0.4) is 0 Å². The van der Waals surface area contributed by atoms with Gasteiger partial charge in [-0.15, -0.1) is 11.3 Å². The van der Waals surface area contributed by atoms with Crippen molar-refractivity contribution in [2.75, 3.05) is 5.32 Å². The van der Waals surface area contributed by atoms with Gasteiger partial charge in [0.25, 0.3) is 5.91 Å². The normalized spacial score (nSPS) is 10.7. The Bertz CT molecular complexity index is 707. The van der Waals surface area contributed by atoms with Crippen LogP contribution in [-0.4, -0.2) is 20.5 Å². The second-order valence-corrected chi connectivity index (χ2v) is 4.76. The highest BCUT2D eigenvalue weighted by atomic mass is 35.5. The number of nitrogens with one attached hydrogen (secondary N) is 1. The van der Waals surface area contributed by atoms with Crippen LogP contribution in [0.2, 0.25) is 5.02 Å². The molecule has 3 rings (SSSR count). The number of amides is 1. The van der Waals surface area contributed by atoms with Crippen molar-refractivity contribution in [2.45, 2.75) is 0 Å². The Kier molecular flexibility index (Phi) is 2.73. The van der Waals surface area contributed by atoms with Gasteiger partial charge in [-0.2, -0.15) is 5.10 Å². The number of nitrogens with zero attached hydrogens (tertiary/aromatic N) is 3. The second-order valence-electron chi connectivity index (χ2n) is 3.48. The molecule has 0 aliphatic rings. The Morgan fingerprint density at radius 3 is 3.06 bits per heavy atom. The first-order valence-corrected chi connectivity index (χ1v) is 6.35. The van der Waals surface area contributed by atoms with E-state index in [-0.39, 0.29) is 11.6 Å². The lowest BCUT2D eigenvalue weighted by atomic mass is 10.3. The zero-order valence-corrected chi connectivity index (χ0v) is 10.6. The SMILES string of the molecule is O=C(Nc1nccs1)c1nn2ccccc2c1Cl. The topological polar surface area (TPSA) is 59.3 Å². The number of hydrogen-bond acceptors (Lipinski definition) is 4. The molecule has 0 saturated carbocycles. The highest BCUT2D eigenvalue weighted by Gasteiger charge is 2.18. The molecule has 7 heteroatoms. The average molecular weight is 279 g/mol. The number of aromatic nitrogens is 3. The fourth-order valence-electron chi connectivity index (χ4n) is 1.56. The van der Waals surface area contributed by atoms with E-state index >= 15 is 0 Å². The third-order valence-electron chi connectivity index (χ3n) is 2.35. The summed E-state index contributed by atoms with van der Waals surface area (Å²) < 4.78 is 1.57. The van der Waals surface area contributed by atoms with Gasteiger partial charge < -0.3 is 0 Å². The first kappa shape index (κ1) is 11.2. The molecule has 0 aliphatic heterocycles. The van der Waals surface area contributed by atoms with Gasteiger partial charge in [0, 0.05) is 17.8 Å². The van der Waals surface area contributed by atoms with Crippen molar-refractivity contribution >= 4 is 39.5 Å². The van der Waals surface area contributed by atoms with Crippen molar-refractivity contribution in [3.63, 3.8) is 0 Å². The molecule has 0 bridgehead atoms. The molecular formula is C11H7ClN4OS. The summed E-state index contributed by atoms with van der Waals surface area (Å²) >= 11 is 7.47. The summed E-state index contributed by atoms with van der Waals surface area (Å²) in [6, 6.07) is 5.46. The molecule has 3 aromatic heterocycles. The Hall–Kier alpha value is -1.92. The minimum Gasteiger partial charge on any atom is -0.296 e. The Labute approximate surface area is 111 Å². The molecule has 90 valence electrons. The van der Waals surface area contributed by atoms with E-state index in [4.69, 9.17) is 11.6 Å². The van der Waals surface area contributed by atoms with E-state index in [9.17, 15) is 4.79 Å². The number of fused-ring (bicyclic) bond motifs is 1. The first-order chi connectivity index (χ1) is 8.75. The number of hydrogen-bond donors (Lipinski definition) is 1. The summed E-state index contributed by atoms with van der Waals surface area (Å²) in [7, 11) is 0. The van der Waals surface area contributed by atoms with Crippen LogP contribution < -0.4 is 5.32 Å². The molecule has 3 heterocycles. The number of thiazole rings is 1. The molecule has 1 N–H and O–H groups in total. The van der Waals surface area contributed by atoms with Crippen molar-refractivity contribution in [3.8, 4) is 0 Å². The van der Waals surface area contributed by atoms with E-state index in [1.165, 1.54) is 11.3 Å². The standard InChI is InChI=1S/C11H7ClN4OS/c12-8-7-3-1-2-5-16(7)15-9(8)10(17)14-11-13-4-6-18-11/h1-6H,(H,13,14,17). The van der Waals surface area contributed by atoms with E-state index in [1.54, 1.807) is 28.4 Å². The number of halogens is 1. The van der Waals surface area contributed by atoms with Gasteiger partial charge in [-0.3, -0.25) is 10.1 Å². The van der Waals surface area contributed by atoms with Crippen LogP contribution in [0.4, 0.5) is 5.13 Å². The highest BCUT2D eigenvalue weighted by Crippen LogP contribution is 2.22. The summed E-state index contributed by atoms with van der Waals surface area (Å²) in [5, 5.41) is 9.43. The van der Waals surface area contributed by atoms with Gasteiger partial charge in [-0.1, -0.05) is 17.7 Å². The molecule has 3 aromatic rings. The molecule has 0 unspecified atom stereocenters. The maximum atomic E-state index is 12.0. The molecule has 0 spiro atoms. The Morgan fingerprint density at radius 1 is 1.44 bits per heavy atom. The monoisotopic (exact) mass is 278 g/mol. The number of anilines is 1. The fourth-order valence-corrected chi connectivity index (χ4v) is 2.35. The lowest BCUT2D eigenvalue weighted by molar-refractivity contribution is 0.102. The molecule has 5 nitrogen and oxygen atoms in total. The van der Waals surface area contributed by atoms with Crippen molar-refractivity contribution in [1.82, 2.24) is 14.6 Å². The quantitative estimate of drug-likeness (QED) is 0.784. The molecule has 18 heavy (non-hydrogen) atoms. The van der Waals surface area contributed by atoms with Crippen molar-refractivity contribution in [1.29, 1.82) is 0 Å². The zero-order valence-electron chi connectivity index (χ0n) is 9.00. The maximum Gasteiger partial charge on any atom is 0.279 e. The lowest BCUT2D eigenvalue weighted by Crippen LogP contribution is -2.12. The molecule has 0 radical (unpaired) electrons. The van der Waals surface area contributed by atoms with Crippen molar-refractivity contribution in [3.05, 3.63) is 46.7 Å². The van der Waals surface area contributed by atoms with Crippen molar-refractivity contribution < 1.29 is 4.79 Å². The summed E-state index contributed by atoms with van der Waals surface area (Å²) in [5.41, 5.74) is 0.890. The van der Waals surface area contributed by atoms with Crippen LogP contribution in [-0.2, 0) is 0 Å². The van der Waals surface area contributed by atoms with Crippen LogP contribution >= 0.6 is 22.9 Å². The van der Waals surface area contributed by atoms with E-state index < -0.39 is 0 Å². The van der Waals surface area contributed by atoms with Gasteiger partial charge in [-0.25, -0.2) is 9.50 Å². The van der Waals surface area contributed by atoms with Gasteiger partial charge in [0.1, 0.15) is 0 Å². The van der Waals surface area contributed by atoms with Crippen LogP contribution in [0, 0.1) is 0 Å². The van der Waals surface area contributed by atoms with Crippen LogP contribution in [0.15, 0.2) is 36.0 Å². The van der Waals surface area contributed by atoms with Gasteiger partial charge in [-0.05, 0) is 12.1 Å². The number of pyridine rings is 1. The summed E-state index contributed by atoms with van der Waals surface area (Å²) in [5.74, 6) is -0.362. The Balaban J connectivity index is 1.99. The smallest absolute Gasteiger partial charge is 0.279 e. The summed E-state index contributed by atoms with van der Waals surface area (Å²) in [6.07, 6.45) is 3.35. The predicted molar refractivity (Wildman–Crippen MR) is 70.3 cm³/mol. The average Bonchev–Trinajstić information content (AvgIpc) is 2.98. The molecule has 0 aromatic carbocycles. The minimum atomic E-state index is -0.362. The third kappa shape index (κ3) is 1.85. The van der Waals surface area contributed by atoms with E-state index in [0.29, 0.717) is 15.7 Å². The molecule has 0 saturated heterocycles. The predicted octanol–water partition coefficient (Wildman–Crippen LogP) is 2.70. The highest BCUT2D eigenvalue weighted by molar-refractivity contribution is 7.13. The fraction of sp³-hybridized carbons (Fsp3) is 0. The molecule has 1 amide bonds. The Morgan fingerprint density at radius 2 is 2.33 bits per heavy atom. The second kappa shape index (κ2) is 4.40. The molecular weight excluding hydrogens is 272 g/mol. The third-order valence-corrected chi connectivity index (χ3v) is 3.41. The van der Waals surface area contributed by atoms with E-state index in [1.807, 2.05) is 12.1 Å². The largest absolute Gasteiger partial charge is 0.296 e. The number of rotatable bonds is 2. The molecule has 0 aliphatic carbocycles. The van der Waals surface area contributed by atoms with E-state index in [2.05, 4.69) is 15.4 Å². The van der Waals surface area contributed by atoms with Crippen LogP contribution in [0.1, 0.15) is 10.5 Å². The summed E-state index contributed by atoms with van der Waals surface area (Å²) in [6.45, 7) is 0. The van der Waals surface area contributed by atoms with Gasteiger partial charge in [0.05, 0.1) is 10.5 Å². The van der Waals surface area contributed by atoms with Gasteiger partial charge in [0.15, 0.2) is 10.8 Å². The zero-order chi connectivity index (χ0) is 12.5. The van der Waals surface area contributed by atoms with Crippen LogP contribution in [0.5, 0.6) is 0 Å². The summed E-state index contributed by atoms with van der Waals surface area (Å²) in [4.78, 5) is 16.0. The lowest BCUT2D eigenvalue weighted by Gasteiger charge is -1.97. The van der Waals surface area contributed by atoms with Gasteiger partial charge >= 0.3 is 0 Å². The number of carbonyl (C=O) groups is 1. The van der Waals surface area contributed by atoms with E-state index in [0.717, 1.165) is 0 Å². The molecule has 0 fully saturated rings.